The van der Waals surface area contributed by atoms with Crippen LogP contribution in [0.5, 0.6) is 11.5 Å². The van der Waals surface area contributed by atoms with Crippen LogP contribution < -0.4 is 0 Å². The molecule has 5 heteroatoms. The molecule has 0 aliphatic carbocycles. The molecule has 0 atom stereocenters. The molecular formula is C16H18N2O3. The highest BCUT2D eigenvalue weighted by molar-refractivity contribution is 5.98. The summed E-state index contributed by atoms with van der Waals surface area (Å²) < 4.78 is 0. The number of hydrogen-bond acceptors (Lipinski definition) is 5. The molecule has 0 radical (unpaired) electrons. The highest BCUT2D eigenvalue weighted by Crippen LogP contribution is 2.25. The molecule has 110 valence electrons. The van der Waals surface area contributed by atoms with Crippen LogP contribution in [-0.2, 0) is 6.54 Å². The lowest BCUT2D eigenvalue weighted by atomic mass is 10.1. The van der Waals surface area contributed by atoms with Gasteiger partial charge in [0.1, 0.15) is 0 Å². The summed E-state index contributed by atoms with van der Waals surface area (Å²) >= 11 is 0. The monoisotopic (exact) mass is 286 g/mol. The van der Waals surface area contributed by atoms with E-state index in [9.17, 15) is 15.0 Å². The van der Waals surface area contributed by atoms with Crippen LogP contribution >= 0.6 is 0 Å². The Hall–Kier alpha value is -2.40. The first-order valence-corrected chi connectivity index (χ1v) is 6.76. The minimum atomic E-state index is -0.280. The maximum absolute atomic E-state index is 12.2. The number of Topliss-reactive ketones (excluding diaryl/α,β-unsaturated/α-hetero) is 1. The molecule has 2 aromatic rings. The number of aromatic nitrogens is 1. The predicted molar refractivity (Wildman–Crippen MR) is 79.3 cm³/mol. The summed E-state index contributed by atoms with van der Waals surface area (Å²) in [4.78, 5) is 18.2. The Bertz CT molecular complexity index is 614. The Kier molecular flexibility index (Phi) is 4.90. The fraction of sp³-hybridized carbons (Fsp3) is 0.250. The average Bonchev–Trinajstić information content (AvgIpc) is 2.50. The van der Waals surface area contributed by atoms with Crippen molar-refractivity contribution in [2.45, 2.75) is 13.5 Å². The van der Waals surface area contributed by atoms with Crippen LogP contribution in [-0.4, -0.2) is 39.0 Å². The highest BCUT2D eigenvalue weighted by atomic mass is 16.3. The van der Waals surface area contributed by atoms with Gasteiger partial charge in [-0.1, -0.05) is 6.92 Å². The van der Waals surface area contributed by atoms with Crippen molar-refractivity contribution in [3.8, 4) is 11.5 Å². The van der Waals surface area contributed by atoms with Gasteiger partial charge in [0, 0.05) is 24.5 Å². The van der Waals surface area contributed by atoms with E-state index in [-0.39, 0.29) is 23.8 Å². The molecule has 21 heavy (non-hydrogen) atoms. The third kappa shape index (κ3) is 4.03. The molecule has 0 saturated carbocycles. The molecule has 0 fully saturated rings. The van der Waals surface area contributed by atoms with Gasteiger partial charge in [0.2, 0.25) is 0 Å². The third-order valence-corrected chi connectivity index (χ3v) is 3.27. The molecule has 1 aromatic carbocycles. The van der Waals surface area contributed by atoms with Crippen molar-refractivity contribution in [3.63, 3.8) is 0 Å². The zero-order chi connectivity index (χ0) is 15.2. The van der Waals surface area contributed by atoms with Crippen molar-refractivity contribution in [2.75, 3.05) is 13.1 Å². The van der Waals surface area contributed by atoms with Gasteiger partial charge in [-0.2, -0.15) is 0 Å². The summed E-state index contributed by atoms with van der Waals surface area (Å²) in [6, 6.07) is 7.95. The summed E-state index contributed by atoms with van der Waals surface area (Å²) in [5.74, 6) is -0.602. The summed E-state index contributed by atoms with van der Waals surface area (Å²) in [6.07, 6.45) is 3.45. The molecule has 0 unspecified atom stereocenters. The molecule has 1 heterocycles. The molecular weight excluding hydrogens is 268 g/mol. The van der Waals surface area contributed by atoms with Crippen molar-refractivity contribution in [3.05, 3.63) is 53.9 Å². The third-order valence-electron chi connectivity index (χ3n) is 3.27. The molecule has 0 spiro atoms. The standard InChI is InChI=1S/C16H18N2O3/c1-2-18(10-12-5-7-17-8-6-12)11-16(21)13-3-4-14(19)15(20)9-13/h3-9,19-20H,2,10-11H2,1H3. The second kappa shape index (κ2) is 6.85. The number of aromatic hydroxyl groups is 2. The molecule has 1 aromatic heterocycles. The molecule has 2 rings (SSSR count). The van der Waals surface area contributed by atoms with E-state index in [1.165, 1.54) is 18.2 Å². The van der Waals surface area contributed by atoms with Gasteiger partial charge in [0.05, 0.1) is 6.54 Å². The average molecular weight is 286 g/mol. The normalized spacial score (nSPS) is 10.8. The summed E-state index contributed by atoms with van der Waals surface area (Å²) in [5.41, 5.74) is 1.48. The lowest BCUT2D eigenvalue weighted by Crippen LogP contribution is -2.29. The van der Waals surface area contributed by atoms with Crippen LogP contribution in [0.3, 0.4) is 0 Å². The van der Waals surface area contributed by atoms with Crippen molar-refractivity contribution in [1.82, 2.24) is 9.88 Å². The summed E-state index contributed by atoms with van der Waals surface area (Å²) in [6.45, 7) is 3.64. The van der Waals surface area contributed by atoms with E-state index >= 15 is 0 Å². The van der Waals surface area contributed by atoms with Crippen LogP contribution in [0.25, 0.3) is 0 Å². The maximum Gasteiger partial charge on any atom is 0.176 e. The van der Waals surface area contributed by atoms with E-state index in [4.69, 9.17) is 0 Å². The van der Waals surface area contributed by atoms with Gasteiger partial charge < -0.3 is 10.2 Å². The zero-order valence-electron chi connectivity index (χ0n) is 11.9. The lowest BCUT2D eigenvalue weighted by Gasteiger charge is -2.19. The van der Waals surface area contributed by atoms with Gasteiger partial charge >= 0.3 is 0 Å². The Morgan fingerprint density at radius 3 is 2.48 bits per heavy atom. The minimum Gasteiger partial charge on any atom is -0.504 e. The predicted octanol–water partition coefficient (Wildman–Crippen LogP) is 2.20. The number of rotatable bonds is 6. The fourth-order valence-corrected chi connectivity index (χ4v) is 2.02. The van der Waals surface area contributed by atoms with E-state index in [2.05, 4.69) is 4.98 Å². The van der Waals surface area contributed by atoms with Crippen molar-refractivity contribution in [1.29, 1.82) is 0 Å². The zero-order valence-corrected chi connectivity index (χ0v) is 11.9. The van der Waals surface area contributed by atoms with Gasteiger partial charge in [0.25, 0.3) is 0 Å². The topological polar surface area (TPSA) is 73.7 Å². The molecule has 5 nitrogen and oxygen atoms in total. The van der Waals surface area contributed by atoms with Crippen molar-refractivity contribution in [2.24, 2.45) is 0 Å². The fourth-order valence-electron chi connectivity index (χ4n) is 2.02. The highest BCUT2D eigenvalue weighted by Gasteiger charge is 2.13. The number of carbonyl (C=O) groups excluding carboxylic acids is 1. The largest absolute Gasteiger partial charge is 0.504 e. The van der Waals surface area contributed by atoms with Crippen LogP contribution in [0.15, 0.2) is 42.7 Å². The van der Waals surface area contributed by atoms with Gasteiger partial charge in [-0.15, -0.1) is 0 Å². The number of hydrogen-bond donors (Lipinski definition) is 2. The second-order valence-electron chi connectivity index (χ2n) is 4.79. The number of carbonyl (C=O) groups is 1. The van der Waals surface area contributed by atoms with Gasteiger partial charge in [-0.3, -0.25) is 14.7 Å². The molecule has 0 aliphatic heterocycles. The van der Waals surface area contributed by atoms with Crippen LogP contribution in [0.2, 0.25) is 0 Å². The van der Waals surface area contributed by atoms with Crippen molar-refractivity contribution >= 4 is 5.78 Å². The summed E-state index contributed by atoms with van der Waals surface area (Å²) in [5, 5.41) is 18.7. The first-order valence-electron chi connectivity index (χ1n) is 6.76. The number of likely N-dealkylation sites (N-methyl/N-ethyl adjacent to an activating group) is 1. The SMILES string of the molecule is CCN(CC(=O)c1ccc(O)c(O)c1)Cc1ccncc1. The van der Waals surface area contributed by atoms with Crippen LogP contribution in [0.1, 0.15) is 22.8 Å². The number of pyridine rings is 1. The smallest absolute Gasteiger partial charge is 0.176 e. The molecule has 0 saturated heterocycles. The van der Waals surface area contributed by atoms with Gasteiger partial charge in [-0.25, -0.2) is 0 Å². The van der Waals surface area contributed by atoms with E-state index in [0.29, 0.717) is 12.1 Å². The lowest BCUT2D eigenvalue weighted by molar-refractivity contribution is 0.0929. The Labute approximate surface area is 123 Å². The number of benzene rings is 1. The number of phenolic OH excluding ortho intramolecular Hbond substituents is 2. The van der Waals surface area contributed by atoms with E-state index < -0.39 is 0 Å². The molecule has 0 bridgehead atoms. The Morgan fingerprint density at radius 1 is 1.14 bits per heavy atom. The molecule has 2 N–H and O–H groups in total. The van der Waals surface area contributed by atoms with E-state index in [0.717, 1.165) is 12.1 Å². The number of ketones is 1. The Balaban J connectivity index is 2.04. The maximum atomic E-state index is 12.2. The number of phenols is 2. The molecule has 0 amide bonds. The summed E-state index contributed by atoms with van der Waals surface area (Å²) in [7, 11) is 0. The van der Waals surface area contributed by atoms with Gasteiger partial charge in [-0.05, 0) is 42.4 Å². The van der Waals surface area contributed by atoms with Gasteiger partial charge in [0.15, 0.2) is 17.3 Å². The quantitative estimate of drug-likeness (QED) is 0.629. The van der Waals surface area contributed by atoms with E-state index in [1.54, 1.807) is 12.4 Å². The van der Waals surface area contributed by atoms with Crippen LogP contribution in [0.4, 0.5) is 0 Å². The second-order valence-corrected chi connectivity index (χ2v) is 4.79. The van der Waals surface area contributed by atoms with Crippen molar-refractivity contribution < 1.29 is 15.0 Å². The number of nitrogens with zero attached hydrogens (tertiary/aromatic N) is 2. The first kappa shape index (κ1) is 15.0. The first-order chi connectivity index (χ1) is 10.1. The Morgan fingerprint density at radius 2 is 1.86 bits per heavy atom. The molecule has 0 aliphatic rings. The van der Waals surface area contributed by atoms with E-state index in [1.807, 2.05) is 24.0 Å². The minimum absolute atomic E-state index is 0.0961. The van der Waals surface area contributed by atoms with Crippen LogP contribution in [0, 0.1) is 0 Å².